The molecule has 1 aliphatic carbocycles. The average molecular weight is 533 g/mol. The summed E-state index contributed by atoms with van der Waals surface area (Å²) >= 11 is 0. The molecule has 2 aromatic heterocycles. The Hall–Kier alpha value is -3.30. The maximum absolute atomic E-state index is 13.6. The van der Waals surface area contributed by atoms with E-state index in [1.54, 1.807) is 13.8 Å². The summed E-state index contributed by atoms with van der Waals surface area (Å²) in [6, 6.07) is 11.3. The van der Waals surface area contributed by atoms with Crippen LogP contribution in [0.2, 0.25) is 0 Å². The second-order valence-electron chi connectivity index (χ2n) is 11.7. The summed E-state index contributed by atoms with van der Waals surface area (Å²) in [7, 11) is 0. The van der Waals surface area contributed by atoms with Crippen LogP contribution in [0.5, 0.6) is 0 Å². The van der Waals surface area contributed by atoms with Crippen molar-refractivity contribution in [2.24, 2.45) is 5.73 Å². The standard InChI is InChI=1S/C30H40N6O3/c1-19-16-20(2)32-27-25(19)34-26(22-10-11-22)36(27)23-12-14-35(15-13-23)28(37)24(33-29(38)30(3,4)31)18-39-17-21-8-6-5-7-9-21/h5-9,16,22-24H,10-15,17-18,31H2,1-4H3,(H,33,38)/t24-/m1/s1. The molecule has 39 heavy (non-hydrogen) atoms. The van der Waals surface area contributed by atoms with E-state index in [0.717, 1.165) is 46.7 Å². The van der Waals surface area contributed by atoms with Crippen LogP contribution in [-0.4, -0.2) is 62.5 Å². The molecule has 3 aromatic rings. The highest BCUT2D eigenvalue weighted by Gasteiger charge is 2.36. The van der Waals surface area contributed by atoms with E-state index in [9.17, 15) is 9.59 Å². The van der Waals surface area contributed by atoms with Gasteiger partial charge in [0.2, 0.25) is 11.8 Å². The van der Waals surface area contributed by atoms with E-state index in [4.69, 9.17) is 20.4 Å². The lowest BCUT2D eigenvalue weighted by Crippen LogP contribution is -2.58. The molecule has 1 saturated carbocycles. The number of pyridine rings is 1. The Morgan fingerprint density at radius 1 is 1.10 bits per heavy atom. The highest BCUT2D eigenvalue weighted by atomic mass is 16.5. The molecule has 3 N–H and O–H groups in total. The third-order valence-corrected chi connectivity index (χ3v) is 7.66. The van der Waals surface area contributed by atoms with Gasteiger partial charge in [0.05, 0.1) is 18.8 Å². The van der Waals surface area contributed by atoms with Crippen LogP contribution in [0, 0.1) is 13.8 Å². The summed E-state index contributed by atoms with van der Waals surface area (Å²) in [6.07, 6.45) is 3.94. The molecule has 1 atom stereocenters. The lowest BCUT2D eigenvalue weighted by Gasteiger charge is -2.36. The fourth-order valence-corrected chi connectivity index (χ4v) is 5.34. The van der Waals surface area contributed by atoms with E-state index in [0.29, 0.717) is 25.6 Å². The summed E-state index contributed by atoms with van der Waals surface area (Å²) in [5.74, 6) is 1.12. The number of hydrogen-bond donors (Lipinski definition) is 2. The van der Waals surface area contributed by atoms with Gasteiger partial charge in [-0.1, -0.05) is 30.3 Å². The monoisotopic (exact) mass is 532 g/mol. The first-order valence-electron chi connectivity index (χ1n) is 14.0. The number of likely N-dealkylation sites (tertiary alicyclic amines) is 1. The van der Waals surface area contributed by atoms with E-state index in [2.05, 4.69) is 22.9 Å². The van der Waals surface area contributed by atoms with Crippen LogP contribution in [0.25, 0.3) is 11.2 Å². The third-order valence-electron chi connectivity index (χ3n) is 7.66. The quantitative estimate of drug-likeness (QED) is 0.436. The zero-order valence-electron chi connectivity index (χ0n) is 23.4. The van der Waals surface area contributed by atoms with Gasteiger partial charge in [0.1, 0.15) is 17.4 Å². The molecule has 2 aliphatic rings. The molecule has 0 radical (unpaired) electrons. The third kappa shape index (κ3) is 6.15. The second kappa shape index (κ2) is 11.1. The number of rotatable bonds is 9. The first-order valence-corrected chi connectivity index (χ1v) is 14.0. The number of fused-ring (bicyclic) bond motifs is 1. The van der Waals surface area contributed by atoms with Crippen molar-refractivity contribution in [1.82, 2.24) is 24.8 Å². The molecule has 208 valence electrons. The first-order chi connectivity index (χ1) is 18.6. The largest absolute Gasteiger partial charge is 0.374 e. The minimum Gasteiger partial charge on any atom is -0.374 e. The van der Waals surface area contributed by atoms with Crippen LogP contribution in [0.15, 0.2) is 36.4 Å². The summed E-state index contributed by atoms with van der Waals surface area (Å²) in [6.45, 7) is 9.01. The SMILES string of the molecule is Cc1cc(C)c2nc(C3CC3)n(C3CCN(C(=O)[C@@H](COCc4ccccc4)NC(=O)C(C)(C)N)CC3)c2n1. The van der Waals surface area contributed by atoms with Gasteiger partial charge in [-0.05, 0) is 70.6 Å². The fraction of sp³-hybridized carbons (Fsp3) is 0.533. The molecule has 5 rings (SSSR count). The normalized spacial score (nSPS) is 17.4. The summed E-state index contributed by atoms with van der Waals surface area (Å²) < 4.78 is 8.24. The molecule has 1 aromatic carbocycles. The van der Waals surface area contributed by atoms with Crippen LogP contribution in [0.1, 0.15) is 74.1 Å². The average Bonchev–Trinajstić information content (AvgIpc) is 3.68. The number of nitrogens with one attached hydrogen (secondary N) is 1. The number of aryl methyl sites for hydroxylation is 2. The van der Waals surface area contributed by atoms with E-state index < -0.39 is 11.6 Å². The van der Waals surface area contributed by atoms with Crippen molar-refractivity contribution >= 4 is 23.0 Å². The Labute approximate surface area is 230 Å². The van der Waals surface area contributed by atoms with Crippen LogP contribution in [0.4, 0.5) is 0 Å². The minimum atomic E-state index is -1.10. The predicted octanol–water partition coefficient (Wildman–Crippen LogP) is 3.53. The van der Waals surface area contributed by atoms with Gasteiger partial charge in [-0.15, -0.1) is 0 Å². The van der Waals surface area contributed by atoms with Crippen molar-refractivity contribution in [2.45, 2.75) is 83.5 Å². The van der Waals surface area contributed by atoms with Gasteiger partial charge in [-0.3, -0.25) is 9.59 Å². The number of nitrogens with two attached hydrogens (primary N) is 1. The maximum Gasteiger partial charge on any atom is 0.247 e. The molecule has 1 saturated heterocycles. The molecular weight excluding hydrogens is 492 g/mol. The summed E-state index contributed by atoms with van der Waals surface area (Å²) in [5, 5.41) is 2.84. The van der Waals surface area contributed by atoms with Gasteiger partial charge in [-0.2, -0.15) is 0 Å². The molecule has 9 nitrogen and oxygen atoms in total. The van der Waals surface area contributed by atoms with Gasteiger partial charge >= 0.3 is 0 Å². The minimum absolute atomic E-state index is 0.0793. The van der Waals surface area contributed by atoms with Crippen LogP contribution < -0.4 is 11.1 Å². The number of amides is 2. The topological polar surface area (TPSA) is 115 Å². The molecule has 0 spiro atoms. The zero-order chi connectivity index (χ0) is 27.7. The Morgan fingerprint density at radius 2 is 1.79 bits per heavy atom. The Morgan fingerprint density at radius 3 is 2.44 bits per heavy atom. The van der Waals surface area contributed by atoms with Gasteiger partial charge in [0, 0.05) is 30.7 Å². The first kappa shape index (κ1) is 27.3. The molecular formula is C30H40N6O3. The molecule has 2 fully saturated rings. The fourth-order valence-electron chi connectivity index (χ4n) is 5.34. The van der Waals surface area contributed by atoms with E-state index in [1.165, 1.54) is 12.8 Å². The predicted molar refractivity (Wildman–Crippen MR) is 150 cm³/mol. The number of piperidine rings is 1. The van der Waals surface area contributed by atoms with Gasteiger partial charge in [-0.25, -0.2) is 9.97 Å². The molecule has 1 aliphatic heterocycles. The van der Waals surface area contributed by atoms with Crippen LogP contribution in [0.3, 0.4) is 0 Å². The highest BCUT2D eigenvalue weighted by molar-refractivity contribution is 5.91. The second-order valence-corrected chi connectivity index (χ2v) is 11.7. The Balaban J connectivity index is 1.29. The van der Waals surface area contributed by atoms with Crippen molar-refractivity contribution in [3.8, 4) is 0 Å². The zero-order valence-corrected chi connectivity index (χ0v) is 23.4. The molecule has 0 unspecified atom stereocenters. The lowest BCUT2D eigenvalue weighted by molar-refractivity contribution is -0.140. The van der Waals surface area contributed by atoms with Crippen molar-refractivity contribution in [3.05, 3.63) is 59.0 Å². The van der Waals surface area contributed by atoms with E-state index in [1.807, 2.05) is 42.2 Å². The van der Waals surface area contributed by atoms with Crippen molar-refractivity contribution in [2.75, 3.05) is 19.7 Å². The van der Waals surface area contributed by atoms with Crippen LogP contribution >= 0.6 is 0 Å². The number of nitrogens with zero attached hydrogens (tertiary/aromatic N) is 4. The van der Waals surface area contributed by atoms with Gasteiger partial charge < -0.3 is 25.3 Å². The van der Waals surface area contributed by atoms with Gasteiger partial charge in [0.25, 0.3) is 0 Å². The number of carbonyl (C=O) groups is 2. The molecule has 2 amide bonds. The molecule has 9 heteroatoms. The Bertz CT molecular complexity index is 1330. The number of ether oxygens (including phenoxy) is 1. The molecule has 0 bridgehead atoms. The maximum atomic E-state index is 13.6. The molecule has 3 heterocycles. The number of benzene rings is 1. The lowest BCUT2D eigenvalue weighted by atomic mass is 10.0. The number of hydrogen-bond acceptors (Lipinski definition) is 6. The highest BCUT2D eigenvalue weighted by Crippen LogP contribution is 2.43. The van der Waals surface area contributed by atoms with Crippen molar-refractivity contribution < 1.29 is 14.3 Å². The van der Waals surface area contributed by atoms with Crippen LogP contribution in [-0.2, 0) is 20.9 Å². The van der Waals surface area contributed by atoms with E-state index >= 15 is 0 Å². The number of carbonyl (C=O) groups excluding carboxylic acids is 2. The van der Waals surface area contributed by atoms with E-state index in [-0.39, 0.29) is 24.5 Å². The summed E-state index contributed by atoms with van der Waals surface area (Å²) in [5.41, 5.74) is 10.0. The smallest absolute Gasteiger partial charge is 0.247 e. The van der Waals surface area contributed by atoms with Crippen molar-refractivity contribution in [3.63, 3.8) is 0 Å². The number of imidazole rings is 1. The Kier molecular flexibility index (Phi) is 7.73. The summed E-state index contributed by atoms with van der Waals surface area (Å²) in [4.78, 5) is 38.1. The number of aromatic nitrogens is 3. The van der Waals surface area contributed by atoms with Gasteiger partial charge in [0.15, 0.2) is 5.65 Å². The van der Waals surface area contributed by atoms with Crippen molar-refractivity contribution in [1.29, 1.82) is 0 Å².